The average molecular weight is 270 g/mol. The summed E-state index contributed by atoms with van der Waals surface area (Å²) in [4.78, 5) is 11.7. The van der Waals surface area contributed by atoms with Gasteiger partial charge in [-0.05, 0) is 17.7 Å². The minimum atomic E-state index is -0.326. The maximum absolute atomic E-state index is 11.7. The molecular weight excluding hydrogens is 261 g/mol. The van der Waals surface area contributed by atoms with Crippen molar-refractivity contribution in [2.75, 3.05) is 7.11 Å². The molecule has 0 amide bonds. The molecule has 0 unspecified atom stereocenters. The summed E-state index contributed by atoms with van der Waals surface area (Å²) in [7, 11) is 1.38. The van der Waals surface area contributed by atoms with Gasteiger partial charge < -0.3 is 4.74 Å². The Balaban J connectivity index is 2.85. The Morgan fingerprint density at radius 1 is 1.47 bits per heavy atom. The van der Waals surface area contributed by atoms with Gasteiger partial charge in [0, 0.05) is 6.42 Å². The van der Waals surface area contributed by atoms with Crippen LogP contribution in [0.2, 0.25) is 10.0 Å². The molecule has 1 aromatic rings. The van der Waals surface area contributed by atoms with Gasteiger partial charge >= 0.3 is 0 Å². The number of methoxy groups -OCH3 is 1. The smallest absolute Gasteiger partial charge is 0.180 e. The number of halogens is 2. The van der Waals surface area contributed by atoms with Crippen molar-refractivity contribution in [3.8, 4) is 6.07 Å². The molecule has 0 aliphatic heterocycles. The molecular formula is C12H9Cl2NO2. The van der Waals surface area contributed by atoms with E-state index in [-0.39, 0.29) is 17.8 Å². The van der Waals surface area contributed by atoms with Crippen molar-refractivity contribution in [2.24, 2.45) is 0 Å². The molecule has 0 atom stereocenters. The van der Waals surface area contributed by atoms with Gasteiger partial charge in [0.05, 0.1) is 17.2 Å². The van der Waals surface area contributed by atoms with Crippen LogP contribution in [0.5, 0.6) is 0 Å². The van der Waals surface area contributed by atoms with Crippen LogP contribution in [0.3, 0.4) is 0 Å². The molecule has 3 nitrogen and oxygen atoms in total. The number of hydrogen-bond donors (Lipinski definition) is 0. The fourth-order valence-corrected chi connectivity index (χ4v) is 1.52. The minimum Gasteiger partial charge on any atom is -0.503 e. The first-order valence-electron chi connectivity index (χ1n) is 4.68. The molecule has 88 valence electrons. The number of rotatable bonds is 4. The van der Waals surface area contributed by atoms with Gasteiger partial charge in [-0.15, -0.1) is 0 Å². The highest BCUT2D eigenvalue weighted by Gasteiger charge is 2.11. The summed E-state index contributed by atoms with van der Waals surface area (Å²) in [6.45, 7) is 0. The molecule has 0 bridgehead atoms. The second-order valence-electron chi connectivity index (χ2n) is 3.23. The van der Waals surface area contributed by atoms with E-state index >= 15 is 0 Å². The molecule has 0 aromatic heterocycles. The van der Waals surface area contributed by atoms with Crippen molar-refractivity contribution in [3.05, 3.63) is 45.6 Å². The summed E-state index contributed by atoms with van der Waals surface area (Å²) >= 11 is 11.6. The van der Waals surface area contributed by atoms with Crippen molar-refractivity contribution < 1.29 is 9.53 Å². The Kier molecular flexibility index (Phi) is 5.02. The van der Waals surface area contributed by atoms with Crippen molar-refractivity contribution in [2.45, 2.75) is 6.42 Å². The molecule has 0 spiro atoms. The zero-order valence-corrected chi connectivity index (χ0v) is 10.5. The van der Waals surface area contributed by atoms with Crippen LogP contribution >= 0.6 is 23.2 Å². The van der Waals surface area contributed by atoms with Gasteiger partial charge in [0.15, 0.2) is 5.78 Å². The molecule has 0 heterocycles. The van der Waals surface area contributed by atoms with Crippen LogP contribution in [0.25, 0.3) is 0 Å². The molecule has 0 fully saturated rings. The molecule has 1 rings (SSSR count). The third-order valence-corrected chi connectivity index (χ3v) is 2.74. The Hall–Kier alpha value is -1.50. The largest absolute Gasteiger partial charge is 0.503 e. The lowest BCUT2D eigenvalue weighted by Gasteiger charge is -2.02. The second kappa shape index (κ2) is 6.29. The Labute approximate surface area is 109 Å². The van der Waals surface area contributed by atoms with Crippen molar-refractivity contribution in [1.82, 2.24) is 0 Å². The number of ether oxygens (including phenoxy) is 1. The maximum atomic E-state index is 11.7. The molecule has 0 aliphatic rings. The van der Waals surface area contributed by atoms with Crippen molar-refractivity contribution >= 4 is 29.0 Å². The van der Waals surface area contributed by atoms with E-state index < -0.39 is 0 Å². The highest BCUT2D eigenvalue weighted by atomic mass is 35.5. The molecule has 17 heavy (non-hydrogen) atoms. The zero-order valence-electron chi connectivity index (χ0n) is 9.04. The lowest BCUT2D eigenvalue weighted by atomic mass is 10.0. The Morgan fingerprint density at radius 2 is 2.18 bits per heavy atom. The van der Waals surface area contributed by atoms with Crippen LogP contribution < -0.4 is 0 Å². The number of nitriles is 1. The standard InChI is InChI=1S/C12H9Cl2NO2/c1-17-7-9(6-15)12(16)5-8-2-3-10(13)11(14)4-8/h2-4,7H,5H2,1H3/b9-7+. The van der Waals surface area contributed by atoms with Crippen LogP contribution in [0.15, 0.2) is 30.0 Å². The van der Waals surface area contributed by atoms with Gasteiger partial charge in [-0.2, -0.15) is 5.26 Å². The lowest BCUT2D eigenvalue weighted by Crippen LogP contribution is -2.05. The fraction of sp³-hybridized carbons (Fsp3) is 0.167. The van der Waals surface area contributed by atoms with Crippen LogP contribution in [-0.2, 0) is 16.0 Å². The molecule has 0 N–H and O–H groups in total. The lowest BCUT2D eigenvalue weighted by molar-refractivity contribution is -0.114. The van der Waals surface area contributed by atoms with E-state index in [0.29, 0.717) is 15.6 Å². The number of Topliss-reactive ketones (excluding diaryl/α,β-unsaturated/α-hetero) is 1. The number of nitrogens with zero attached hydrogens (tertiary/aromatic N) is 1. The monoisotopic (exact) mass is 269 g/mol. The van der Waals surface area contributed by atoms with E-state index in [1.54, 1.807) is 24.3 Å². The number of hydrogen-bond acceptors (Lipinski definition) is 3. The third kappa shape index (κ3) is 3.77. The fourth-order valence-electron chi connectivity index (χ4n) is 1.20. The van der Waals surface area contributed by atoms with Crippen LogP contribution in [0, 0.1) is 11.3 Å². The minimum absolute atomic E-state index is 0.0291. The summed E-state index contributed by atoms with van der Waals surface area (Å²) in [5, 5.41) is 9.55. The topological polar surface area (TPSA) is 50.1 Å². The van der Waals surface area contributed by atoms with E-state index in [1.807, 2.05) is 0 Å². The van der Waals surface area contributed by atoms with Gasteiger partial charge in [-0.1, -0.05) is 29.3 Å². The normalized spacial score (nSPS) is 10.8. The summed E-state index contributed by atoms with van der Waals surface area (Å²) < 4.78 is 4.64. The summed E-state index contributed by atoms with van der Waals surface area (Å²) in [5.74, 6) is -0.326. The molecule has 5 heteroatoms. The predicted molar refractivity (Wildman–Crippen MR) is 65.9 cm³/mol. The number of carbonyl (C=O) groups is 1. The van der Waals surface area contributed by atoms with E-state index in [9.17, 15) is 4.79 Å². The van der Waals surface area contributed by atoms with Crippen LogP contribution in [0.1, 0.15) is 5.56 Å². The predicted octanol–water partition coefficient (Wildman–Crippen LogP) is 3.16. The molecule has 0 saturated heterocycles. The number of carbonyl (C=O) groups excluding carboxylic acids is 1. The third-order valence-electron chi connectivity index (χ3n) is 2.01. The van der Waals surface area contributed by atoms with Crippen LogP contribution in [0.4, 0.5) is 0 Å². The van der Waals surface area contributed by atoms with Gasteiger partial charge in [-0.3, -0.25) is 4.79 Å². The molecule has 1 aromatic carbocycles. The first-order chi connectivity index (χ1) is 8.08. The van der Waals surface area contributed by atoms with Crippen molar-refractivity contribution in [3.63, 3.8) is 0 Å². The molecule has 0 radical (unpaired) electrons. The van der Waals surface area contributed by atoms with E-state index in [1.165, 1.54) is 7.11 Å². The van der Waals surface area contributed by atoms with E-state index in [4.69, 9.17) is 28.5 Å². The number of benzene rings is 1. The quantitative estimate of drug-likeness (QED) is 0.479. The van der Waals surface area contributed by atoms with Crippen LogP contribution in [-0.4, -0.2) is 12.9 Å². The van der Waals surface area contributed by atoms with Gasteiger partial charge in [-0.25, -0.2) is 0 Å². The zero-order chi connectivity index (χ0) is 12.8. The first-order valence-corrected chi connectivity index (χ1v) is 5.44. The second-order valence-corrected chi connectivity index (χ2v) is 4.04. The highest BCUT2D eigenvalue weighted by Crippen LogP contribution is 2.23. The van der Waals surface area contributed by atoms with Gasteiger partial charge in [0.25, 0.3) is 0 Å². The summed E-state index contributed by atoms with van der Waals surface area (Å²) in [6.07, 6.45) is 1.21. The SMILES string of the molecule is CO/C=C(\C#N)C(=O)Cc1ccc(Cl)c(Cl)c1. The Bertz CT molecular complexity index is 504. The Morgan fingerprint density at radius 3 is 2.71 bits per heavy atom. The molecule has 0 saturated carbocycles. The van der Waals surface area contributed by atoms with Gasteiger partial charge in [0.1, 0.15) is 17.9 Å². The van der Waals surface area contributed by atoms with Gasteiger partial charge in [0.2, 0.25) is 0 Å². The number of ketones is 1. The average Bonchev–Trinajstić information content (AvgIpc) is 2.30. The maximum Gasteiger partial charge on any atom is 0.180 e. The summed E-state index contributed by atoms with van der Waals surface area (Å²) in [5.41, 5.74) is 0.667. The first kappa shape index (κ1) is 13.6. The van der Waals surface area contributed by atoms with Crippen molar-refractivity contribution in [1.29, 1.82) is 5.26 Å². The van der Waals surface area contributed by atoms with E-state index in [2.05, 4.69) is 4.74 Å². The highest BCUT2D eigenvalue weighted by molar-refractivity contribution is 6.42. The summed E-state index contributed by atoms with van der Waals surface area (Å²) in [6, 6.07) is 6.68. The molecule has 0 aliphatic carbocycles. The van der Waals surface area contributed by atoms with E-state index in [0.717, 1.165) is 6.26 Å². The number of allylic oxidation sites excluding steroid dienone is 1.